The Morgan fingerprint density at radius 3 is 2.45 bits per heavy atom. The first-order valence-corrected chi connectivity index (χ1v) is 20.7. The van der Waals surface area contributed by atoms with Gasteiger partial charge in [-0.3, -0.25) is 4.79 Å². The summed E-state index contributed by atoms with van der Waals surface area (Å²) in [6.45, 7) is 5.41. The quantitative estimate of drug-likeness (QED) is 0.219. The maximum atomic E-state index is 13.3. The molecule has 0 bridgehead atoms. The Morgan fingerprint density at radius 1 is 1.21 bits per heavy atom. The van der Waals surface area contributed by atoms with Gasteiger partial charge in [-0.25, -0.2) is 4.98 Å². The lowest BCUT2D eigenvalue weighted by Gasteiger charge is -2.27. The first-order chi connectivity index (χ1) is 15.5. The Balaban J connectivity index is 2.45. The molecule has 1 aliphatic heterocycles. The Kier molecular flexibility index (Phi) is 9.68. The summed E-state index contributed by atoms with van der Waals surface area (Å²) in [5.41, 5.74) is 4.59. The number of anilines is 1. The van der Waals surface area contributed by atoms with Crippen molar-refractivity contribution in [1.82, 2.24) is 10.3 Å². The average molecular weight is 630 g/mol. The SMILES string of the molecule is Cc1c(C)c(S(=S)(=S)[SH](=S)=S)c(NC(=O)c2ccnc(Cl)c2)c(C2=CCNCC2)c1[SH](=S)=S. The summed E-state index contributed by atoms with van der Waals surface area (Å²) in [7, 11) is -2.81. The lowest BCUT2D eigenvalue weighted by Crippen LogP contribution is -2.23. The molecule has 1 aliphatic rings. The second-order valence-electron chi connectivity index (χ2n) is 7.14. The van der Waals surface area contributed by atoms with Crippen LogP contribution in [0.15, 0.2) is 34.2 Å². The first kappa shape index (κ1) is 27.8. The molecule has 33 heavy (non-hydrogen) atoms. The maximum absolute atomic E-state index is 13.3. The zero-order chi connectivity index (χ0) is 24.5. The maximum Gasteiger partial charge on any atom is 0.255 e. The van der Waals surface area contributed by atoms with Crippen molar-refractivity contribution in [1.29, 1.82) is 0 Å². The van der Waals surface area contributed by atoms with Crippen LogP contribution >= 0.6 is 11.6 Å². The first-order valence-electron chi connectivity index (χ1n) is 9.51. The number of nitrogens with one attached hydrogen (secondary N) is 2. The van der Waals surface area contributed by atoms with E-state index >= 15 is 0 Å². The van der Waals surface area contributed by atoms with Crippen molar-refractivity contribution < 1.29 is 4.79 Å². The number of amides is 1. The highest BCUT2D eigenvalue weighted by molar-refractivity contribution is 9.05. The molecule has 0 saturated carbocycles. The van der Waals surface area contributed by atoms with Crippen LogP contribution in [0, 0.1) is 13.8 Å². The fourth-order valence-corrected chi connectivity index (χ4v) is 10.8. The van der Waals surface area contributed by atoms with Gasteiger partial charge in [-0.2, -0.15) is 0 Å². The van der Waals surface area contributed by atoms with Gasteiger partial charge in [0.1, 0.15) is 5.15 Å². The van der Waals surface area contributed by atoms with E-state index in [1.807, 2.05) is 13.8 Å². The van der Waals surface area contributed by atoms with Crippen LogP contribution < -0.4 is 10.6 Å². The molecular weight excluding hydrogens is 610 g/mol. The van der Waals surface area contributed by atoms with Crippen LogP contribution in [0.2, 0.25) is 5.15 Å². The molecule has 2 aromatic rings. The number of nitrogens with zero attached hydrogens (tertiary/aromatic N) is 1. The van der Waals surface area contributed by atoms with Crippen LogP contribution in [0.3, 0.4) is 0 Å². The molecule has 3 rings (SSSR count). The fraction of sp³-hybridized carbons (Fsp3) is 0.263. The molecule has 14 heteroatoms. The molecule has 0 radical (unpaired) electrons. The third-order valence-corrected chi connectivity index (χ3v) is 21.7. The summed E-state index contributed by atoms with van der Waals surface area (Å²) in [4.78, 5) is 18.9. The fourth-order valence-electron chi connectivity index (χ4n) is 3.59. The van der Waals surface area contributed by atoms with Crippen molar-refractivity contribution in [2.24, 2.45) is 0 Å². The van der Waals surface area contributed by atoms with Crippen molar-refractivity contribution in [3.8, 4) is 0 Å². The van der Waals surface area contributed by atoms with E-state index in [-0.39, 0.29) is 11.1 Å². The van der Waals surface area contributed by atoms with E-state index in [0.29, 0.717) is 22.7 Å². The predicted molar refractivity (Wildman–Crippen MR) is 164 cm³/mol. The largest absolute Gasteiger partial charge is 0.320 e. The molecule has 2 N–H and O–H groups in total. The number of carbonyl (C=O) groups excluding carboxylic acids is 1. The van der Waals surface area contributed by atoms with E-state index in [1.165, 1.54) is 12.3 Å². The van der Waals surface area contributed by atoms with E-state index in [9.17, 15) is 4.79 Å². The van der Waals surface area contributed by atoms with Crippen molar-refractivity contribution in [2.75, 3.05) is 18.4 Å². The number of hydrogen-bond acceptors (Lipinski definition) is 9. The van der Waals surface area contributed by atoms with Gasteiger partial charge < -0.3 is 10.6 Å². The van der Waals surface area contributed by atoms with Gasteiger partial charge in [0.15, 0.2) is 0 Å². The number of halogens is 1. The standard InChI is InChI=1S/C19H20ClN3OS9/c1-10-11(2)18(33(29,30)32(27)28)16(23-19(24)13-5-8-22-14(20)9-13)15(17(10)31(25)26)12-3-6-21-7-4-12/h3,5,8-9,21,31-32H,4,6-7H2,1-2H3,(H,23,24). The Labute approximate surface area is 230 Å². The van der Waals surface area contributed by atoms with Crippen LogP contribution in [0.25, 0.3) is 5.57 Å². The summed E-state index contributed by atoms with van der Waals surface area (Å²) < 4.78 is 0. The van der Waals surface area contributed by atoms with Gasteiger partial charge in [0.05, 0.1) is 10.6 Å². The summed E-state index contributed by atoms with van der Waals surface area (Å²) in [6, 6.07) is 3.09. The van der Waals surface area contributed by atoms with Crippen molar-refractivity contribution in [3.05, 3.63) is 51.8 Å². The average Bonchev–Trinajstić information content (AvgIpc) is 2.76. The van der Waals surface area contributed by atoms with Crippen LogP contribution in [0.4, 0.5) is 5.69 Å². The van der Waals surface area contributed by atoms with Gasteiger partial charge in [-0.1, -0.05) is 25.7 Å². The summed E-state index contributed by atoms with van der Waals surface area (Å²) in [5, 5.41) is 6.62. The smallest absolute Gasteiger partial charge is 0.255 e. The predicted octanol–water partition coefficient (Wildman–Crippen LogP) is 3.24. The van der Waals surface area contributed by atoms with Crippen molar-refractivity contribution in [2.45, 2.75) is 30.1 Å². The molecule has 1 amide bonds. The summed E-state index contributed by atoms with van der Waals surface area (Å²) >= 11 is 40.0. The minimum Gasteiger partial charge on any atom is -0.320 e. The minimum absolute atomic E-state index is 0.218. The Morgan fingerprint density at radius 2 is 1.91 bits per heavy atom. The number of thiol groups is 2. The number of aromatic nitrogens is 1. The zero-order valence-corrected chi connectivity index (χ0v) is 25.7. The minimum atomic E-state index is -2.40. The highest BCUT2D eigenvalue weighted by Gasteiger charge is 2.27. The molecule has 178 valence electrons. The van der Waals surface area contributed by atoms with Crippen molar-refractivity contribution in [3.63, 3.8) is 0 Å². The van der Waals surface area contributed by atoms with Crippen LogP contribution in [-0.2, 0) is 88.4 Å². The third-order valence-electron chi connectivity index (χ3n) is 5.22. The summed E-state index contributed by atoms with van der Waals surface area (Å²) in [5.74, 6) is -0.359. The van der Waals surface area contributed by atoms with Gasteiger partial charge in [-0.05, 0) is 136 Å². The summed E-state index contributed by atoms with van der Waals surface area (Å²) in [6.07, 6.45) is 1.93. The van der Waals surface area contributed by atoms with Crippen molar-refractivity contribution >= 4 is 117 Å². The molecule has 0 unspecified atom stereocenters. The van der Waals surface area contributed by atoms with E-state index in [2.05, 4.69) is 21.7 Å². The molecule has 0 aliphatic carbocycles. The Bertz CT molecular complexity index is 1420. The van der Waals surface area contributed by atoms with Gasteiger partial charge in [0.25, 0.3) is 5.91 Å². The zero-order valence-electron chi connectivity index (χ0n) is 17.4. The van der Waals surface area contributed by atoms with Gasteiger partial charge >= 0.3 is 0 Å². The van der Waals surface area contributed by atoms with E-state index in [1.54, 1.807) is 6.07 Å². The molecule has 2 heterocycles. The molecule has 4 nitrogen and oxygen atoms in total. The number of rotatable bonds is 6. The van der Waals surface area contributed by atoms with Gasteiger partial charge in [0, 0.05) is 28.8 Å². The number of carbonyl (C=O) groups is 1. The normalized spacial score (nSPS) is 14.4. The molecular formula is C19H20ClN3OS9. The lowest BCUT2D eigenvalue weighted by molar-refractivity contribution is 0.102. The second kappa shape index (κ2) is 11.5. The van der Waals surface area contributed by atoms with E-state index in [4.69, 9.17) is 78.7 Å². The van der Waals surface area contributed by atoms with E-state index in [0.717, 1.165) is 40.1 Å². The molecule has 1 aromatic heterocycles. The number of pyridine rings is 1. The molecule has 0 fully saturated rings. The number of benzene rings is 1. The topological polar surface area (TPSA) is 54.0 Å². The Hall–Kier alpha value is 0.200. The molecule has 0 atom stereocenters. The van der Waals surface area contributed by atoms with Gasteiger partial charge in [0.2, 0.25) is 0 Å². The lowest BCUT2D eigenvalue weighted by atomic mass is 9.94. The van der Waals surface area contributed by atoms with Crippen LogP contribution in [0.1, 0.15) is 33.5 Å². The number of hydrogen-bond donors (Lipinski definition) is 4. The van der Waals surface area contributed by atoms with Crippen LogP contribution in [-0.4, -0.2) is 24.0 Å². The molecule has 0 spiro atoms. The monoisotopic (exact) mass is 629 g/mol. The van der Waals surface area contributed by atoms with E-state index < -0.39 is 21.2 Å². The highest BCUT2D eigenvalue weighted by Crippen LogP contribution is 2.42. The second-order valence-corrected chi connectivity index (χ2v) is 25.3. The van der Waals surface area contributed by atoms with Crippen LogP contribution in [0.5, 0.6) is 0 Å². The third kappa shape index (κ3) is 5.96. The highest BCUT2D eigenvalue weighted by atomic mass is 35.5. The molecule has 1 aromatic carbocycles. The van der Waals surface area contributed by atoms with Gasteiger partial charge in [-0.15, -0.1) is 0 Å². The molecule has 0 saturated heterocycles.